The van der Waals surface area contributed by atoms with Crippen molar-refractivity contribution in [2.24, 2.45) is 0 Å². The lowest BCUT2D eigenvalue weighted by Gasteiger charge is -2.13. The van der Waals surface area contributed by atoms with Gasteiger partial charge in [-0.05, 0) is 60.7 Å². The first-order valence-corrected chi connectivity index (χ1v) is 7.64. The molecule has 22 heavy (non-hydrogen) atoms. The molecule has 0 spiro atoms. The Morgan fingerprint density at radius 3 is 1.86 bits per heavy atom. The molecule has 0 aliphatic carbocycles. The fourth-order valence-electron chi connectivity index (χ4n) is 2.48. The molecule has 0 unspecified atom stereocenters. The zero-order chi connectivity index (χ0) is 15.9. The van der Waals surface area contributed by atoms with Crippen LogP contribution in [0.1, 0.15) is 48.5 Å². The van der Waals surface area contributed by atoms with E-state index in [2.05, 4.69) is 30.7 Å². The number of methoxy groups -OCH3 is 1. The quantitative estimate of drug-likeness (QED) is 0.690. The van der Waals surface area contributed by atoms with Gasteiger partial charge in [-0.1, -0.05) is 26.0 Å². The highest BCUT2D eigenvalue weighted by atomic mass is 16.5. The van der Waals surface area contributed by atoms with E-state index in [-0.39, 0.29) is 5.97 Å². The minimum absolute atomic E-state index is 0.346. The van der Waals surface area contributed by atoms with Crippen molar-refractivity contribution in [3.8, 4) is 11.5 Å². The molecule has 0 N–H and O–H groups in total. The summed E-state index contributed by atoms with van der Waals surface area (Å²) in [6, 6.07) is 15.1. The van der Waals surface area contributed by atoms with E-state index in [0.29, 0.717) is 17.2 Å². The van der Waals surface area contributed by atoms with E-state index in [1.165, 1.54) is 12.7 Å². The average molecular weight is 298 g/mol. The lowest BCUT2D eigenvalue weighted by atomic mass is 9.94. The van der Waals surface area contributed by atoms with Crippen LogP contribution in [0, 0.1) is 0 Å². The first-order valence-electron chi connectivity index (χ1n) is 7.64. The van der Waals surface area contributed by atoms with Gasteiger partial charge in [-0.25, -0.2) is 4.79 Å². The van der Waals surface area contributed by atoms with Gasteiger partial charge in [-0.15, -0.1) is 0 Å². The summed E-state index contributed by atoms with van der Waals surface area (Å²) in [6.45, 7) is 4.42. The minimum Gasteiger partial charge on any atom is -0.465 e. The van der Waals surface area contributed by atoms with Gasteiger partial charge in [0, 0.05) is 0 Å². The number of ether oxygens (including phenoxy) is 2. The van der Waals surface area contributed by atoms with Crippen LogP contribution in [0.4, 0.5) is 0 Å². The highest BCUT2D eigenvalue weighted by Gasteiger charge is 2.08. The topological polar surface area (TPSA) is 35.5 Å². The molecule has 0 heterocycles. The molecule has 0 atom stereocenters. The van der Waals surface area contributed by atoms with E-state index in [4.69, 9.17) is 4.74 Å². The summed E-state index contributed by atoms with van der Waals surface area (Å²) in [7, 11) is 1.37. The molecule has 3 nitrogen and oxygen atoms in total. The van der Waals surface area contributed by atoms with Crippen molar-refractivity contribution >= 4 is 5.97 Å². The monoisotopic (exact) mass is 298 g/mol. The Hall–Kier alpha value is -2.29. The third kappa shape index (κ3) is 3.88. The van der Waals surface area contributed by atoms with Crippen LogP contribution in [0.15, 0.2) is 48.5 Å². The molecule has 2 aromatic rings. The lowest BCUT2D eigenvalue weighted by molar-refractivity contribution is 0.0600. The molecule has 2 aromatic carbocycles. The summed E-state index contributed by atoms with van der Waals surface area (Å²) in [5, 5.41) is 0. The highest BCUT2D eigenvalue weighted by molar-refractivity contribution is 5.89. The van der Waals surface area contributed by atoms with Gasteiger partial charge in [0.15, 0.2) is 0 Å². The Balaban J connectivity index is 2.06. The van der Waals surface area contributed by atoms with Gasteiger partial charge in [0.25, 0.3) is 0 Å². The number of carbonyl (C=O) groups excluding carboxylic acids is 1. The van der Waals surface area contributed by atoms with Gasteiger partial charge in [-0.3, -0.25) is 0 Å². The number of benzene rings is 2. The van der Waals surface area contributed by atoms with E-state index in [0.717, 1.165) is 18.6 Å². The Labute approximate surface area is 131 Å². The lowest BCUT2D eigenvalue weighted by Crippen LogP contribution is -2.00. The van der Waals surface area contributed by atoms with Crippen molar-refractivity contribution in [2.45, 2.75) is 32.6 Å². The summed E-state index contributed by atoms with van der Waals surface area (Å²) >= 11 is 0. The van der Waals surface area contributed by atoms with Gasteiger partial charge in [0.05, 0.1) is 12.7 Å². The van der Waals surface area contributed by atoms with E-state index in [1.54, 1.807) is 24.3 Å². The first-order chi connectivity index (χ1) is 10.7. The summed E-state index contributed by atoms with van der Waals surface area (Å²) < 4.78 is 10.5. The van der Waals surface area contributed by atoms with Crippen LogP contribution in [0.2, 0.25) is 0 Å². The maximum Gasteiger partial charge on any atom is 0.337 e. The van der Waals surface area contributed by atoms with Crippen molar-refractivity contribution in [2.75, 3.05) is 7.11 Å². The van der Waals surface area contributed by atoms with E-state index in [1.807, 2.05) is 12.1 Å². The summed E-state index contributed by atoms with van der Waals surface area (Å²) in [5.41, 5.74) is 1.86. The molecule has 0 aromatic heterocycles. The van der Waals surface area contributed by atoms with Crippen LogP contribution in [-0.4, -0.2) is 13.1 Å². The number of hydrogen-bond acceptors (Lipinski definition) is 3. The van der Waals surface area contributed by atoms with Gasteiger partial charge in [0.2, 0.25) is 0 Å². The largest absolute Gasteiger partial charge is 0.465 e. The molecule has 0 fully saturated rings. The van der Waals surface area contributed by atoms with Gasteiger partial charge >= 0.3 is 5.97 Å². The molecule has 0 radical (unpaired) electrons. The third-order valence-corrected chi connectivity index (χ3v) is 3.85. The molecule has 3 heteroatoms. The molecular formula is C19H22O3. The Bertz CT molecular complexity index is 596. The molecule has 2 rings (SSSR count). The second kappa shape index (κ2) is 7.64. The van der Waals surface area contributed by atoms with Crippen molar-refractivity contribution in [1.82, 2.24) is 0 Å². The Morgan fingerprint density at radius 2 is 1.41 bits per heavy atom. The zero-order valence-corrected chi connectivity index (χ0v) is 13.3. The second-order valence-corrected chi connectivity index (χ2v) is 5.20. The second-order valence-electron chi connectivity index (χ2n) is 5.20. The van der Waals surface area contributed by atoms with Gasteiger partial charge < -0.3 is 9.47 Å². The zero-order valence-electron chi connectivity index (χ0n) is 13.3. The van der Waals surface area contributed by atoms with E-state index < -0.39 is 0 Å². The molecule has 0 aliphatic heterocycles. The van der Waals surface area contributed by atoms with Gasteiger partial charge in [-0.2, -0.15) is 0 Å². The van der Waals surface area contributed by atoms with Crippen molar-refractivity contribution < 1.29 is 14.3 Å². The Morgan fingerprint density at radius 1 is 0.909 bits per heavy atom. The molecule has 116 valence electrons. The normalized spacial score (nSPS) is 10.5. The standard InChI is InChI=1S/C19H22O3/c1-4-14(5-2)15-6-10-17(11-7-15)22-18-12-8-16(9-13-18)19(20)21-3/h6-14H,4-5H2,1-3H3. The average Bonchev–Trinajstić information content (AvgIpc) is 2.57. The predicted molar refractivity (Wildman–Crippen MR) is 87.6 cm³/mol. The van der Waals surface area contributed by atoms with Crippen LogP contribution in [0.3, 0.4) is 0 Å². The smallest absolute Gasteiger partial charge is 0.337 e. The minimum atomic E-state index is -0.346. The van der Waals surface area contributed by atoms with Crippen LogP contribution in [0.5, 0.6) is 11.5 Å². The van der Waals surface area contributed by atoms with Crippen LogP contribution < -0.4 is 4.74 Å². The van der Waals surface area contributed by atoms with E-state index >= 15 is 0 Å². The molecule has 0 saturated heterocycles. The first kappa shape index (κ1) is 16.1. The highest BCUT2D eigenvalue weighted by Crippen LogP contribution is 2.27. The molecule has 0 amide bonds. The van der Waals surface area contributed by atoms with E-state index in [9.17, 15) is 4.79 Å². The van der Waals surface area contributed by atoms with Crippen LogP contribution in [0.25, 0.3) is 0 Å². The maximum absolute atomic E-state index is 11.4. The predicted octanol–water partition coefficient (Wildman–Crippen LogP) is 5.17. The fraction of sp³-hybridized carbons (Fsp3) is 0.316. The maximum atomic E-state index is 11.4. The number of hydrogen-bond donors (Lipinski definition) is 0. The Kier molecular flexibility index (Phi) is 5.59. The van der Waals surface area contributed by atoms with Crippen LogP contribution >= 0.6 is 0 Å². The molecule has 0 aliphatic rings. The number of carbonyl (C=O) groups is 1. The molecule has 0 saturated carbocycles. The number of esters is 1. The summed E-state index contributed by atoms with van der Waals surface area (Å²) in [5.74, 6) is 1.75. The summed E-state index contributed by atoms with van der Waals surface area (Å²) in [4.78, 5) is 11.4. The van der Waals surface area contributed by atoms with Crippen molar-refractivity contribution in [3.05, 3.63) is 59.7 Å². The van der Waals surface area contributed by atoms with Crippen molar-refractivity contribution in [1.29, 1.82) is 0 Å². The SMILES string of the molecule is CCC(CC)c1ccc(Oc2ccc(C(=O)OC)cc2)cc1. The summed E-state index contributed by atoms with van der Waals surface area (Å²) in [6.07, 6.45) is 2.29. The van der Waals surface area contributed by atoms with Crippen LogP contribution in [-0.2, 0) is 4.74 Å². The number of rotatable bonds is 6. The fourth-order valence-corrected chi connectivity index (χ4v) is 2.48. The molecular weight excluding hydrogens is 276 g/mol. The third-order valence-electron chi connectivity index (χ3n) is 3.85. The van der Waals surface area contributed by atoms with Crippen molar-refractivity contribution in [3.63, 3.8) is 0 Å². The van der Waals surface area contributed by atoms with Gasteiger partial charge in [0.1, 0.15) is 11.5 Å². The molecule has 0 bridgehead atoms.